The van der Waals surface area contributed by atoms with Crippen LogP contribution in [0.4, 0.5) is 0 Å². The standard InChI is InChI=1S/C23H22O6/c1-25-20-13-17(14-21(26-2)22(20)27-3)23(24)28-15-16-8-7-11-19(12-16)29-18-9-5-4-6-10-18/h4-14H,15H2,1-3H3. The van der Waals surface area contributed by atoms with E-state index in [0.29, 0.717) is 28.6 Å². The molecule has 0 N–H and O–H groups in total. The summed E-state index contributed by atoms with van der Waals surface area (Å²) in [5.41, 5.74) is 1.11. The Morgan fingerprint density at radius 2 is 1.41 bits per heavy atom. The van der Waals surface area contributed by atoms with Gasteiger partial charge in [0.2, 0.25) is 5.75 Å². The van der Waals surface area contributed by atoms with Gasteiger partial charge in [0.25, 0.3) is 0 Å². The van der Waals surface area contributed by atoms with Crippen LogP contribution in [0, 0.1) is 0 Å². The van der Waals surface area contributed by atoms with Crippen LogP contribution in [-0.2, 0) is 11.3 Å². The van der Waals surface area contributed by atoms with Crippen molar-refractivity contribution < 1.29 is 28.5 Å². The maximum atomic E-state index is 12.5. The molecular formula is C23H22O6. The molecule has 0 saturated carbocycles. The third kappa shape index (κ3) is 4.99. The third-order valence-electron chi connectivity index (χ3n) is 4.15. The average molecular weight is 394 g/mol. The zero-order valence-corrected chi connectivity index (χ0v) is 16.5. The van der Waals surface area contributed by atoms with Gasteiger partial charge in [-0.05, 0) is 42.0 Å². The summed E-state index contributed by atoms with van der Waals surface area (Å²) in [4.78, 5) is 12.5. The fraction of sp³-hybridized carbons (Fsp3) is 0.174. The van der Waals surface area contributed by atoms with Crippen LogP contribution in [0.1, 0.15) is 15.9 Å². The van der Waals surface area contributed by atoms with Gasteiger partial charge in [-0.1, -0.05) is 30.3 Å². The monoisotopic (exact) mass is 394 g/mol. The van der Waals surface area contributed by atoms with Crippen molar-refractivity contribution in [2.75, 3.05) is 21.3 Å². The van der Waals surface area contributed by atoms with Gasteiger partial charge in [0.1, 0.15) is 18.1 Å². The van der Waals surface area contributed by atoms with Crippen LogP contribution in [-0.4, -0.2) is 27.3 Å². The maximum absolute atomic E-state index is 12.5. The molecule has 6 heteroatoms. The minimum absolute atomic E-state index is 0.0987. The molecule has 0 aliphatic carbocycles. The normalized spacial score (nSPS) is 10.2. The van der Waals surface area contributed by atoms with Gasteiger partial charge in [0, 0.05) is 0 Å². The zero-order valence-electron chi connectivity index (χ0n) is 16.5. The lowest BCUT2D eigenvalue weighted by Gasteiger charge is -2.14. The molecule has 0 heterocycles. The predicted octanol–water partition coefficient (Wildman–Crippen LogP) is 4.86. The molecule has 0 unspecified atom stereocenters. The zero-order chi connectivity index (χ0) is 20.6. The Morgan fingerprint density at radius 1 is 0.759 bits per heavy atom. The number of hydrogen-bond acceptors (Lipinski definition) is 6. The second-order valence-corrected chi connectivity index (χ2v) is 6.05. The Bertz CT molecular complexity index is 943. The molecule has 0 amide bonds. The number of hydrogen-bond donors (Lipinski definition) is 0. The molecule has 29 heavy (non-hydrogen) atoms. The van der Waals surface area contributed by atoms with Crippen LogP contribution in [0.25, 0.3) is 0 Å². The molecule has 3 aromatic rings. The SMILES string of the molecule is COc1cc(C(=O)OCc2cccc(Oc3ccccc3)c2)cc(OC)c1OC. The van der Waals surface area contributed by atoms with E-state index in [4.69, 9.17) is 23.7 Å². The van der Waals surface area contributed by atoms with Gasteiger partial charge in [0.05, 0.1) is 26.9 Å². The van der Waals surface area contributed by atoms with E-state index >= 15 is 0 Å². The summed E-state index contributed by atoms with van der Waals surface area (Å²) in [5, 5.41) is 0. The number of rotatable bonds is 8. The smallest absolute Gasteiger partial charge is 0.338 e. The highest BCUT2D eigenvalue weighted by Gasteiger charge is 2.18. The molecule has 0 aliphatic heterocycles. The molecular weight excluding hydrogens is 372 g/mol. The topological polar surface area (TPSA) is 63.2 Å². The van der Waals surface area contributed by atoms with Gasteiger partial charge in [-0.15, -0.1) is 0 Å². The van der Waals surface area contributed by atoms with E-state index in [1.165, 1.54) is 21.3 Å². The van der Waals surface area contributed by atoms with Crippen LogP contribution in [0.15, 0.2) is 66.7 Å². The summed E-state index contributed by atoms with van der Waals surface area (Å²) in [6.45, 7) is 0.0987. The second-order valence-electron chi connectivity index (χ2n) is 6.05. The van der Waals surface area contributed by atoms with Crippen molar-refractivity contribution in [3.63, 3.8) is 0 Å². The van der Waals surface area contributed by atoms with Crippen molar-refractivity contribution in [1.29, 1.82) is 0 Å². The lowest BCUT2D eigenvalue weighted by Crippen LogP contribution is -2.07. The highest BCUT2D eigenvalue weighted by molar-refractivity contribution is 5.91. The van der Waals surface area contributed by atoms with Crippen LogP contribution in [0.3, 0.4) is 0 Å². The number of ether oxygens (including phenoxy) is 5. The second kappa shape index (κ2) is 9.50. The van der Waals surface area contributed by atoms with Crippen molar-refractivity contribution in [2.24, 2.45) is 0 Å². The molecule has 0 fully saturated rings. The molecule has 3 aromatic carbocycles. The van der Waals surface area contributed by atoms with E-state index in [9.17, 15) is 4.79 Å². The van der Waals surface area contributed by atoms with E-state index in [-0.39, 0.29) is 6.61 Å². The molecule has 0 atom stereocenters. The summed E-state index contributed by atoms with van der Waals surface area (Å²) in [7, 11) is 4.48. The quantitative estimate of drug-likeness (QED) is 0.509. The Labute approximate surface area is 169 Å². The Morgan fingerprint density at radius 3 is 2.03 bits per heavy atom. The Balaban J connectivity index is 1.70. The first-order chi connectivity index (χ1) is 14.1. The molecule has 0 saturated heterocycles. The maximum Gasteiger partial charge on any atom is 0.338 e. The molecule has 0 spiro atoms. The average Bonchev–Trinajstić information content (AvgIpc) is 2.77. The van der Waals surface area contributed by atoms with Crippen molar-refractivity contribution in [2.45, 2.75) is 6.61 Å². The fourth-order valence-corrected chi connectivity index (χ4v) is 2.75. The van der Waals surface area contributed by atoms with E-state index in [2.05, 4.69) is 0 Å². The first-order valence-electron chi connectivity index (χ1n) is 8.93. The number of carbonyl (C=O) groups is 1. The largest absolute Gasteiger partial charge is 0.493 e. The van der Waals surface area contributed by atoms with Gasteiger partial charge in [-0.3, -0.25) is 0 Å². The van der Waals surface area contributed by atoms with E-state index in [1.807, 2.05) is 54.6 Å². The Hall–Kier alpha value is -3.67. The van der Waals surface area contributed by atoms with E-state index < -0.39 is 5.97 Å². The molecule has 3 rings (SSSR count). The fourth-order valence-electron chi connectivity index (χ4n) is 2.75. The van der Waals surface area contributed by atoms with Gasteiger partial charge in [-0.25, -0.2) is 4.79 Å². The summed E-state index contributed by atoms with van der Waals surface area (Å²) in [6.07, 6.45) is 0. The first-order valence-corrected chi connectivity index (χ1v) is 8.93. The van der Waals surface area contributed by atoms with E-state index in [0.717, 1.165) is 11.3 Å². The first kappa shape index (κ1) is 20.1. The summed E-state index contributed by atoms with van der Waals surface area (Å²) < 4.78 is 27.1. The molecule has 0 radical (unpaired) electrons. The number of carbonyl (C=O) groups excluding carboxylic acids is 1. The van der Waals surface area contributed by atoms with Gasteiger partial charge in [-0.2, -0.15) is 0 Å². The van der Waals surface area contributed by atoms with Crippen molar-refractivity contribution in [1.82, 2.24) is 0 Å². The van der Waals surface area contributed by atoms with Crippen LogP contribution < -0.4 is 18.9 Å². The number of esters is 1. The highest BCUT2D eigenvalue weighted by atomic mass is 16.5. The summed E-state index contributed by atoms with van der Waals surface area (Å²) >= 11 is 0. The van der Waals surface area contributed by atoms with Gasteiger partial charge in [0.15, 0.2) is 11.5 Å². The molecule has 0 aliphatic rings. The van der Waals surface area contributed by atoms with Crippen LogP contribution in [0.2, 0.25) is 0 Å². The van der Waals surface area contributed by atoms with E-state index in [1.54, 1.807) is 12.1 Å². The lowest BCUT2D eigenvalue weighted by molar-refractivity contribution is 0.0471. The lowest BCUT2D eigenvalue weighted by atomic mass is 10.1. The van der Waals surface area contributed by atoms with Crippen molar-refractivity contribution in [3.05, 3.63) is 77.9 Å². The molecule has 6 nitrogen and oxygen atoms in total. The summed E-state index contributed by atoms with van der Waals surface area (Å²) in [5.74, 6) is 2.08. The predicted molar refractivity (Wildman–Crippen MR) is 108 cm³/mol. The highest BCUT2D eigenvalue weighted by Crippen LogP contribution is 2.38. The van der Waals surface area contributed by atoms with Gasteiger partial charge < -0.3 is 23.7 Å². The molecule has 150 valence electrons. The molecule has 0 bridgehead atoms. The minimum atomic E-state index is -0.501. The van der Waals surface area contributed by atoms with Gasteiger partial charge >= 0.3 is 5.97 Å². The van der Waals surface area contributed by atoms with Crippen LogP contribution >= 0.6 is 0 Å². The number of benzene rings is 3. The van der Waals surface area contributed by atoms with Crippen LogP contribution in [0.5, 0.6) is 28.7 Å². The summed E-state index contributed by atoms with van der Waals surface area (Å²) in [6, 6.07) is 20.0. The molecule has 0 aromatic heterocycles. The third-order valence-corrected chi connectivity index (χ3v) is 4.15. The number of methoxy groups -OCH3 is 3. The van der Waals surface area contributed by atoms with Crippen molar-refractivity contribution >= 4 is 5.97 Å². The van der Waals surface area contributed by atoms with Crippen molar-refractivity contribution in [3.8, 4) is 28.7 Å². The Kier molecular flexibility index (Phi) is 6.58. The minimum Gasteiger partial charge on any atom is -0.493 e. The number of para-hydroxylation sites is 1.